The number of ether oxygens (including phenoxy) is 8. The maximum absolute atomic E-state index is 10.9. The topological polar surface area (TPSA) is 433 Å². The van der Waals surface area contributed by atoms with E-state index in [2.05, 4.69) is 59.8 Å². The maximum Gasteiger partial charge on any atom is 0.167 e. The average Bonchev–Trinajstić information content (AvgIpc) is 1.65. The van der Waals surface area contributed by atoms with E-state index in [4.69, 9.17) is 84.0 Å². The van der Waals surface area contributed by atoms with Crippen molar-refractivity contribution in [3.8, 4) is 0 Å². The Morgan fingerprint density at radius 3 is 1.17 bits per heavy atom. The van der Waals surface area contributed by atoms with Crippen molar-refractivity contribution in [2.24, 2.45) is 0 Å². The van der Waals surface area contributed by atoms with Crippen LogP contribution in [0, 0.1) is 0 Å². The first-order chi connectivity index (χ1) is 44.6. The molecule has 500 valence electrons. The van der Waals surface area contributed by atoms with Crippen LogP contribution in [0.4, 0.5) is 23.3 Å². The summed E-state index contributed by atoms with van der Waals surface area (Å²) in [7, 11) is 0. The molecule has 14 rings (SSSR count). The normalized spacial score (nSPS) is 31.4. The van der Waals surface area contributed by atoms with Gasteiger partial charge >= 0.3 is 0 Å². The number of aliphatic hydroxyl groups excluding tert-OH is 4. The Morgan fingerprint density at radius 2 is 0.761 bits per heavy atom. The Kier molecular flexibility index (Phi) is 23.2. The van der Waals surface area contributed by atoms with Gasteiger partial charge in [0.2, 0.25) is 0 Å². The van der Waals surface area contributed by atoms with Crippen molar-refractivity contribution < 1.29 is 58.3 Å². The first-order valence-electron chi connectivity index (χ1n) is 29.5. The van der Waals surface area contributed by atoms with Gasteiger partial charge in [-0.1, -0.05) is 0 Å². The van der Waals surface area contributed by atoms with Gasteiger partial charge in [-0.25, -0.2) is 59.8 Å². The second-order valence-corrected chi connectivity index (χ2v) is 26.7. The summed E-state index contributed by atoms with van der Waals surface area (Å²) in [5, 5.41) is 40.2. The number of aliphatic hydroxyl groups is 4. The molecule has 0 bridgehead atoms. The molecule has 0 aromatic carbocycles. The summed E-state index contributed by atoms with van der Waals surface area (Å²) in [5.74, 6) is 3.95. The molecule has 0 radical (unpaired) electrons. The number of nitrogens with two attached hydrogens (primary N) is 4. The van der Waals surface area contributed by atoms with E-state index in [1.165, 1.54) is 31.6 Å². The number of imidazole rings is 4. The van der Waals surface area contributed by atoms with Crippen LogP contribution >= 0.6 is 70.2 Å². The molecule has 38 heteroatoms. The molecule has 8 aromatic heterocycles. The van der Waals surface area contributed by atoms with Crippen LogP contribution in [0.3, 0.4) is 0 Å². The molecule has 92 heavy (non-hydrogen) atoms. The van der Waals surface area contributed by atoms with Crippen LogP contribution in [-0.2, 0) is 37.9 Å². The molecular weight excluding hydrogens is 1320 g/mol. The van der Waals surface area contributed by atoms with Gasteiger partial charge in [-0.3, -0.25) is 18.3 Å². The molecule has 0 spiro atoms. The van der Waals surface area contributed by atoms with Gasteiger partial charge in [0.05, 0.1) is 49.7 Å². The predicted octanol–water partition coefficient (Wildman–Crippen LogP) is 3.16. The van der Waals surface area contributed by atoms with Gasteiger partial charge < -0.3 is 81.3 Å². The number of hydrogen-bond acceptors (Lipinski definition) is 32. The van der Waals surface area contributed by atoms with E-state index in [0.29, 0.717) is 86.0 Å². The van der Waals surface area contributed by atoms with Gasteiger partial charge in [-0.15, -0.1) is 23.2 Å². The Balaban J connectivity index is 0.000000127. The minimum atomic E-state index is -1.04. The highest BCUT2D eigenvalue weighted by Gasteiger charge is 2.50. The van der Waals surface area contributed by atoms with Crippen molar-refractivity contribution in [1.29, 1.82) is 0 Å². The van der Waals surface area contributed by atoms with Crippen LogP contribution in [0.15, 0.2) is 50.6 Å². The fourth-order valence-corrected chi connectivity index (χ4v) is 14.6. The first-order valence-corrected chi connectivity index (χ1v) is 35.9. The minimum absolute atomic E-state index is 0.139. The SMILES string of the molecule is CSC[C@H]1O[C@@H](n2cnc3c(N)ncnc32)[C@@H](O)[C@@H]1O.CSC[C@H]1O[C@@H](n2cnc3c(N)ncnc32)[C@@H](O)[C@H]1OC1CCCCO1.CSC[C@H]1O[C@@H](n2cnc3c(N)ncnc32)[C@H](Cl)[C@@H]1O.CSC[C@H]1O[C@@H](n2cnc3c(N)ncnc32)[C@H](Cl)[C@H]1OC1CCCCO1. The number of hydrogen-bond donors (Lipinski definition) is 8. The summed E-state index contributed by atoms with van der Waals surface area (Å²) >= 11 is 19.6. The summed E-state index contributed by atoms with van der Waals surface area (Å²) in [6.45, 7) is 1.41. The minimum Gasteiger partial charge on any atom is -0.389 e. The number of thioether (sulfide) groups is 4. The van der Waals surface area contributed by atoms with Crippen LogP contribution in [-0.4, -0.2) is 244 Å². The van der Waals surface area contributed by atoms with Gasteiger partial charge in [0.25, 0.3) is 0 Å². The van der Waals surface area contributed by atoms with E-state index in [9.17, 15) is 20.4 Å². The molecule has 6 fully saturated rings. The molecular formula is C54H74Cl2N20O12S4. The smallest absolute Gasteiger partial charge is 0.167 e. The molecule has 2 unspecified atom stereocenters. The standard InChI is InChI=1S/C16H22ClN5O3S.C16H23N5O4S.C11H14ClN5O2S.C11H15N5O3S/c1-26-6-9-13(25-10-4-2-3-5-23-10)11(17)16(24-9)22-8-21-12-14(18)19-7-20-15(12)22;1-26-6-9-13(25-10-4-2-3-5-23-10)12(22)16(24-9)21-8-20-11-14(17)18-7-19-15(11)21;1-20-2-5-8(18)6(12)11(19-5)17-4-16-7-9(13)14-3-15-10(7)17;1-20-2-5-7(17)8(18)11(19-5)16-4-15-6-9(12)13-3-14-10(6)16/h7-11,13,16H,2-6H2,1H3,(H2,18,19,20);7-10,12-13,16,22H,2-6H2,1H3,(H2,17,18,19);3-6,8,11,18H,2H2,1H3,(H2,13,14,15);3-5,7-8,11,17-18H,2H2,1H3,(H2,12,13,14)/t9-,10?,11-,13+,16-;9-,10?,12+,13+,16-;5-,6-,8-,11-;5-,7-,8+,11-/m1111/s1. The van der Waals surface area contributed by atoms with E-state index in [1.54, 1.807) is 79.7 Å². The second-order valence-electron chi connectivity index (χ2n) is 22.1. The number of nitrogen functional groups attached to an aromatic ring is 4. The largest absolute Gasteiger partial charge is 0.389 e. The monoisotopic (exact) mass is 1390 g/mol. The fraction of sp³-hybridized carbons (Fsp3) is 0.630. The van der Waals surface area contributed by atoms with Crippen molar-refractivity contribution in [3.05, 3.63) is 50.6 Å². The highest BCUT2D eigenvalue weighted by Crippen LogP contribution is 2.41. The molecule has 0 saturated carbocycles. The molecule has 12 N–H and O–H groups in total. The number of rotatable bonds is 16. The Hall–Kier alpha value is -5.10. The second kappa shape index (κ2) is 31.2. The molecule has 32 nitrogen and oxygen atoms in total. The van der Waals surface area contributed by atoms with Crippen molar-refractivity contribution in [1.82, 2.24) is 78.1 Å². The van der Waals surface area contributed by atoms with Gasteiger partial charge in [0, 0.05) is 36.2 Å². The average molecular weight is 1390 g/mol. The third-order valence-electron chi connectivity index (χ3n) is 16.1. The van der Waals surface area contributed by atoms with Gasteiger partial charge in [0.15, 0.2) is 83.4 Å². The van der Waals surface area contributed by atoms with E-state index in [-0.39, 0.29) is 42.8 Å². The lowest BCUT2D eigenvalue weighted by molar-refractivity contribution is -0.206. The van der Waals surface area contributed by atoms with Crippen molar-refractivity contribution in [3.63, 3.8) is 0 Å². The molecule has 18 atom stereocenters. The van der Waals surface area contributed by atoms with E-state index in [1.807, 2.05) is 29.6 Å². The number of aromatic nitrogens is 16. The third kappa shape index (κ3) is 14.5. The molecule has 6 aliphatic rings. The predicted molar refractivity (Wildman–Crippen MR) is 348 cm³/mol. The number of halogens is 2. The third-order valence-corrected chi connectivity index (χ3v) is 19.7. The summed E-state index contributed by atoms with van der Waals surface area (Å²) in [5.41, 5.74) is 27.3. The van der Waals surface area contributed by atoms with Crippen molar-refractivity contribution in [2.45, 2.75) is 148 Å². The number of fused-ring (bicyclic) bond motifs is 4. The highest BCUT2D eigenvalue weighted by molar-refractivity contribution is 7.99. The van der Waals surface area contributed by atoms with Crippen LogP contribution in [0.2, 0.25) is 0 Å². The van der Waals surface area contributed by atoms with Crippen molar-refractivity contribution in [2.75, 3.05) is 84.2 Å². The molecule has 0 amide bonds. The Bertz CT molecular complexity index is 3460. The van der Waals surface area contributed by atoms with Crippen LogP contribution < -0.4 is 22.9 Å². The summed E-state index contributed by atoms with van der Waals surface area (Å²) < 4.78 is 54.4. The molecule has 0 aliphatic carbocycles. The summed E-state index contributed by atoms with van der Waals surface area (Å²) in [6, 6.07) is 0. The number of alkyl halides is 2. The van der Waals surface area contributed by atoms with Gasteiger partial charge in [0.1, 0.15) is 94.8 Å². The molecule has 6 aliphatic heterocycles. The maximum atomic E-state index is 10.9. The quantitative estimate of drug-likeness (QED) is 0.0644. The lowest BCUT2D eigenvalue weighted by Crippen LogP contribution is -2.40. The Morgan fingerprint density at radius 1 is 0.424 bits per heavy atom. The highest BCUT2D eigenvalue weighted by atomic mass is 35.5. The lowest BCUT2D eigenvalue weighted by atomic mass is 10.1. The van der Waals surface area contributed by atoms with Crippen molar-refractivity contribution >= 4 is 138 Å². The molecule has 8 aromatic rings. The lowest BCUT2D eigenvalue weighted by Gasteiger charge is -2.29. The Labute approximate surface area is 554 Å². The first kappa shape index (κ1) is 68.3. The van der Waals surface area contributed by atoms with E-state index >= 15 is 0 Å². The summed E-state index contributed by atoms with van der Waals surface area (Å²) in [6.07, 6.45) is 17.3. The number of anilines is 4. The van der Waals surface area contributed by atoms with E-state index in [0.717, 1.165) is 50.9 Å². The molecule has 6 saturated heterocycles. The zero-order chi connectivity index (χ0) is 64.7. The van der Waals surface area contributed by atoms with Crippen LogP contribution in [0.25, 0.3) is 44.7 Å². The molecule has 14 heterocycles. The van der Waals surface area contributed by atoms with Gasteiger partial charge in [-0.05, 0) is 63.5 Å². The van der Waals surface area contributed by atoms with Crippen LogP contribution in [0.1, 0.15) is 63.4 Å². The zero-order valence-corrected chi connectivity index (χ0v) is 55.2. The van der Waals surface area contributed by atoms with Gasteiger partial charge in [-0.2, -0.15) is 47.0 Å². The van der Waals surface area contributed by atoms with Crippen LogP contribution in [0.5, 0.6) is 0 Å². The number of nitrogens with zero attached hydrogens (tertiary/aromatic N) is 16. The summed E-state index contributed by atoms with van der Waals surface area (Å²) in [4.78, 5) is 49.4. The zero-order valence-electron chi connectivity index (χ0n) is 50.4. The fourth-order valence-electron chi connectivity index (χ4n) is 11.5. The van der Waals surface area contributed by atoms with E-state index < -0.39 is 72.3 Å².